The fourth-order valence-electron chi connectivity index (χ4n) is 2.82. The van der Waals surface area contributed by atoms with Gasteiger partial charge < -0.3 is 10.6 Å². The third-order valence-corrected chi connectivity index (χ3v) is 3.75. The summed E-state index contributed by atoms with van der Waals surface area (Å²) in [6.45, 7) is 6.75. The molecular weight excluding hydrogens is 222 g/mol. The number of pyridine rings is 1. The number of rotatable bonds is 5. The minimum Gasteiger partial charge on any atom is -0.383 e. The van der Waals surface area contributed by atoms with Crippen LogP contribution in [0.2, 0.25) is 0 Å². The fraction of sp³-hybridized carbons (Fsp3) is 0.667. The Morgan fingerprint density at radius 3 is 3.00 bits per heavy atom. The quantitative estimate of drug-likeness (QED) is 0.785. The van der Waals surface area contributed by atoms with Gasteiger partial charge in [0.25, 0.3) is 0 Å². The molecule has 0 saturated heterocycles. The van der Waals surface area contributed by atoms with E-state index in [0.29, 0.717) is 11.5 Å². The van der Waals surface area contributed by atoms with Crippen molar-refractivity contribution < 1.29 is 0 Å². The Labute approximate surface area is 110 Å². The van der Waals surface area contributed by atoms with Crippen LogP contribution in [0.4, 0.5) is 5.69 Å². The van der Waals surface area contributed by atoms with Crippen LogP contribution in [0.15, 0.2) is 24.5 Å². The molecular formula is C15H25N3. The molecule has 2 N–H and O–H groups in total. The third-order valence-electron chi connectivity index (χ3n) is 3.75. The SMILES string of the molecule is CC1(C)CCC[C@@H](NCCNc2cccnc2)C1. The lowest BCUT2D eigenvalue weighted by Crippen LogP contribution is -2.39. The van der Waals surface area contributed by atoms with Crippen LogP contribution in [0.5, 0.6) is 0 Å². The Kier molecular flexibility index (Phi) is 4.59. The lowest BCUT2D eigenvalue weighted by Gasteiger charge is -2.35. The highest BCUT2D eigenvalue weighted by Gasteiger charge is 2.27. The second kappa shape index (κ2) is 6.19. The number of hydrogen-bond donors (Lipinski definition) is 2. The molecule has 0 unspecified atom stereocenters. The Morgan fingerprint density at radius 1 is 1.39 bits per heavy atom. The Balaban J connectivity index is 1.64. The summed E-state index contributed by atoms with van der Waals surface area (Å²) in [6.07, 6.45) is 9.04. The summed E-state index contributed by atoms with van der Waals surface area (Å²) in [4.78, 5) is 4.09. The van der Waals surface area contributed by atoms with Gasteiger partial charge in [-0.05, 0) is 36.8 Å². The maximum Gasteiger partial charge on any atom is 0.0527 e. The highest BCUT2D eigenvalue weighted by Crippen LogP contribution is 2.34. The highest BCUT2D eigenvalue weighted by atomic mass is 15.0. The largest absolute Gasteiger partial charge is 0.383 e. The summed E-state index contributed by atoms with van der Waals surface area (Å²) >= 11 is 0. The average molecular weight is 247 g/mol. The first-order chi connectivity index (χ1) is 8.66. The molecule has 1 aromatic rings. The van der Waals surface area contributed by atoms with E-state index in [9.17, 15) is 0 Å². The van der Waals surface area contributed by atoms with Crippen molar-refractivity contribution >= 4 is 5.69 Å². The molecule has 0 spiro atoms. The summed E-state index contributed by atoms with van der Waals surface area (Å²) in [5.41, 5.74) is 1.62. The summed E-state index contributed by atoms with van der Waals surface area (Å²) < 4.78 is 0. The van der Waals surface area contributed by atoms with Crippen molar-refractivity contribution in [2.75, 3.05) is 18.4 Å². The zero-order valence-electron chi connectivity index (χ0n) is 11.6. The van der Waals surface area contributed by atoms with Gasteiger partial charge >= 0.3 is 0 Å². The van der Waals surface area contributed by atoms with Crippen molar-refractivity contribution in [2.24, 2.45) is 5.41 Å². The number of aromatic nitrogens is 1. The summed E-state index contributed by atoms with van der Waals surface area (Å²) in [6, 6.07) is 4.71. The average Bonchev–Trinajstić information content (AvgIpc) is 2.35. The van der Waals surface area contributed by atoms with Gasteiger partial charge in [-0.15, -0.1) is 0 Å². The van der Waals surface area contributed by atoms with Gasteiger partial charge in [0.2, 0.25) is 0 Å². The molecule has 18 heavy (non-hydrogen) atoms. The fourth-order valence-corrected chi connectivity index (χ4v) is 2.82. The molecule has 0 radical (unpaired) electrons. The second-order valence-electron chi connectivity index (χ2n) is 6.08. The predicted octanol–water partition coefficient (Wildman–Crippen LogP) is 3.05. The predicted molar refractivity (Wildman–Crippen MR) is 76.8 cm³/mol. The molecule has 0 bridgehead atoms. The van der Waals surface area contributed by atoms with Crippen LogP contribution in [0, 0.1) is 5.41 Å². The highest BCUT2D eigenvalue weighted by molar-refractivity contribution is 5.39. The topological polar surface area (TPSA) is 37.0 Å². The molecule has 0 amide bonds. The summed E-state index contributed by atoms with van der Waals surface area (Å²) in [7, 11) is 0. The molecule has 0 aliphatic heterocycles. The van der Waals surface area contributed by atoms with Gasteiger partial charge in [0, 0.05) is 31.5 Å². The molecule has 1 aliphatic rings. The standard InChI is InChI=1S/C15H25N3/c1-15(2)7-3-5-13(11-15)17-9-10-18-14-6-4-8-16-12-14/h4,6,8,12-13,17-18H,3,5,7,9-11H2,1-2H3/t13-/m1/s1. The minimum absolute atomic E-state index is 0.521. The van der Waals surface area contributed by atoms with Crippen molar-refractivity contribution in [1.29, 1.82) is 0 Å². The van der Waals surface area contributed by atoms with Crippen LogP contribution in [-0.4, -0.2) is 24.1 Å². The van der Waals surface area contributed by atoms with Crippen molar-refractivity contribution in [1.82, 2.24) is 10.3 Å². The molecule has 1 atom stereocenters. The van der Waals surface area contributed by atoms with Gasteiger partial charge in [-0.2, -0.15) is 0 Å². The minimum atomic E-state index is 0.521. The van der Waals surface area contributed by atoms with Gasteiger partial charge in [-0.25, -0.2) is 0 Å². The van der Waals surface area contributed by atoms with E-state index in [2.05, 4.69) is 35.5 Å². The molecule has 1 fully saturated rings. The molecule has 1 aliphatic carbocycles. The van der Waals surface area contributed by atoms with E-state index in [1.807, 2.05) is 12.3 Å². The van der Waals surface area contributed by atoms with E-state index in [-0.39, 0.29) is 0 Å². The van der Waals surface area contributed by atoms with Crippen molar-refractivity contribution in [3.05, 3.63) is 24.5 Å². The molecule has 0 aromatic carbocycles. The third kappa shape index (κ3) is 4.30. The van der Waals surface area contributed by atoms with Crippen LogP contribution in [0.1, 0.15) is 39.5 Å². The van der Waals surface area contributed by atoms with Gasteiger partial charge in [0.1, 0.15) is 0 Å². The van der Waals surface area contributed by atoms with Crippen molar-refractivity contribution in [3.63, 3.8) is 0 Å². The monoisotopic (exact) mass is 247 g/mol. The molecule has 1 aromatic heterocycles. The van der Waals surface area contributed by atoms with E-state index in [4.69, 9.17) is 0 Å². The molecule has 2 rings (SSSR count). The maximum absolute atomic E-state index is 4.09. The first-order valence-corrected chi connectivity index (χ1v) is 7.03. The number of hydrogen-bond acceptors (Lipinski definition) is 3. The number of nitrogens with zero attached hydrogens (tertiary/aromatic N) is 1. The summed E-state index contributed by atoms with van der Waals surface area (Å²) in [5.74, 6) is 0. The molecule has 1 saturated carbocycles. The maximum atomic E-state index is 4.09. The van der Waals surface area contributed by atoms with Gasteiger partial charge in [-0.1, -0.05) is 20.3 Å². The number of nitrogens with one attached hydrogen (secondary N) is 2. The van der Waals surface area contributed by atoms with Gasteiger partial charge in [-0.3, -0.25) is 4.98 Å². The zero-order chi connectivity index (χ0) is 12.8. The smallest absolute Gasteiger partial charge is 0.0527 e. The summed E-state index contributed by atoms with van der Waals surface area (Å²) in [5, 5.41) is 7.04. The Morgan fingerprint density at radius 2 is 2.28 bits per heavy atom. The molecule has 100 valence electrons. The van der Waals surface area contributed by atoms with Gasteiger partial charge in [0.15, 0.2) is 0 Å². The van der Waals surface area contributed by atoms with Gasteiger partial charge in [0.05, 0.1) is 5.69 Å². The second-order valence-corrected chi connectivity index (χ2v) is 6.08. The van der Waals surface area contributed by atoms with Crippen molar-refractivity contribution in [3.8, 4) is 0 Å². The van der Waals surface area contributed by atoms with Crippen LogP contribution in [0.3, 0.4) is 0 Å². The first-order valence-electron chi connectivity index (χ1n) is 7.03. The zero-order valence-corrected chi connectivity index (χ0v) is 11.6. The lowest BCUT2D eigenvalue weighted by molar-refractivity contribution is 0.200. The first kappa shape index (κ1) is 13.3. The molecule has 3 heteroatoms. The Hall–Kier alpha value is -1.09. The molecule has 1 heterocycles. The normalized spacial score (nSPS) is 22.7. The molecule has 3 nitrogen and oxygen atoms in total. The Bertz CT molecular complexity index is 348. The lowest BCUT2D eigenvalue weighted by atomic mass is 9.75. The van der Waals surface area contributed by atoms with Crippen LogP contribution in [0.25, 0.3) is 0 Å². The van der Waals surface area contributed by atoms with E-state index < -0.39 is 0 Å². The van der Waals surface area contributed by atoms with E-state index >= 15 is 0 Å². The van der Waals surface area contributed by atoms with E-state index in [0.717, 1.165) is 18.8 Å². The van der Waals surface area contributed by atoms with Crippen LogP contribution < -0.4 is 10.6 Å². The van der Waals surface area contributed by atoms with Crippen LogP contribution in [-0.2, 0) is 0 Å². The van der Waals surface area contributed by atoms with Crippen molar-refractivity contribution in [2.45, 2.75) is 45.6 Å². The van der Waals surface area contributed by atoms with Crippen LogP contribution >= 0.6 is 0 Å². The number of anilines is 1. The van der Waals surface area contributed by atoms with E-state index in [1.54, 1.807) is 6.20 Å². The van der Waals surface area contributed by atoms with E-state index in [1.165, 1.54) is 25.7 Å².